The molecule has 3 N–H and O–H groups in total. The van der Waals surface area contributed by atoms with E-state index in [1.165, 1.54) is 0 Å². The van der Waals surface area contributed by atoms with Crippen LogP contribution in [0, 0.1) is 0 Å². The minimum Gasteiger partial charge on any atom is -0.491 e. The van der Waals surface area contributed by atoms with E-state index in [1.807, 2.05) is 24.3 Å². The number of nitrogen functional groups attached to an aromatic ring is 1. The number of aromatic nitrogens is 1. The fourth-order valence-electron chi connectivity index (χ4n) is 2.13. The van der Waals surface area contributed by atoms with Gasteiger partial charge in [-0.1, -0.05) is 19.4 Å². The molecule has 0 atom stereocenters. The molecule has 1 amide bonds. The molecule has 1 heterocycles. The predicted molar refractivity (Wildman–Crippen MR) is 92.4 cm³/mol. The molecule has 122 valence electrons. The Balaban J connectivity index is 1.83. The Morgan fingerprint density at radius 1 is 1.35 bits per heavy atom. The van der Waals surface area contributed by atoms with Gasteiger partial charge in [0.05, 0.1) is 24.2 Å². The van der Waals surface area contributed by atoms with Crippen LogP contribution in [0.1, 0.15) is 31.7 Å². The maximum Gasteiger partial charge on any atom is 0.224 e. The maximum atomic E-state index is 11.9. The molecule has 5 nitrogen and oxygen atoms in total. The molecular formula is C18H23N3O2. The van der Waals surface area contributed by atoms with Gasteiger partial charge in [0.1, 0.15) is 5.75 Å². The van der Waals surface area contributed by atoms with Crippen molar-refractivity contribution in [3.8, 4) is 5.75 Å². The Bertz CT molecular complexity index is 629. The van der Waals surface area contributed by atoms with Gasteiger partial charge in [-0.05, 0) is 42.7 Å². The van der Waals surface area contributed by atoms with Crippen LogP contribution >= 0.6 is 0 Å². The lowest BCUT2D eigenvalue weighted by molar-refractivity contribution is -0.116. The first-order valence-corrected chi connectivity index (χ1v) is 7.90. The van der Waals surface area contributed by atoms with Gasteiger partial charge in [-0.2, -0.15) is 0 Å². The van der Waals surface area contributed by atoms with E-state index in [0.29, 0.717) is 36.6 Å². The Morgan fingerprint density at radius 3 is 2.91 bits per heavy atom. The molecule has 0 saturated carbocycles. The lowest BCUT2D eigenvalue weighted by Gasteiger charge is -2.10. The van der Waals surface area contributed by atoms with E-state index in [0.717, 1.165) is 18.4 Å². The van der Waals surface area contributed by atoms with Gasteiger partial charge in [-0.25, -0.2) is 0 Å². The molecule has 1 aromatic heterocycles. The first-order valence-electron chi connectivity index (χ1n) is 7.90. The van der Waals surface area contributed by atoms with E-state index in [-0.39, 0.29) is 5.91 Å². The van der Waals surface area contributed by atoms with Crippen molar-refractivity contribution in [1.29, 1.82) is 0 Å². The van der Waals surface area contributed by atoms with Gasteiger partial charge in [0.25, 0.3) is 0 Å². The van der Waals surface area contributed by atoms with Gasteiger partial charge in [-0.15, -0.1) is 0 Å². The summed E-state index contributed by atoms with van der Waals surface area (Å²) >= 11 is 0. The van der Waals surface area contributed by atoms with Crippen LogP contribution in [0.5, 0.6) is 5.75 Å². The highest BCUT2D eigenvalue weighted by atomic mass is 16.5. The molecule has 0 fully saturated rings. The van der Waals surface area contributed by atoms with Crippen LogP contribution in [0.4, 0.5) is 11.4 Å². The highest BCUT2D eigenvalue weighted by Gasteiger charge is 2.06. The van der Waals surface area contributed by atoms with E-state index < -0.39 is 0 Å². The van der Waals surface area contributed by atoms with Crippen LogP contribution < -0.4 is 15.8 Å². The third-order valence-electron chi connectivity index (χ3n) is 3.42. The van der Waals surface area contributed by atoms with E-state index in [2.05, 4.69) is 17.2 Å². The van der Waals surface area contributed by atoms with Gasteiger partial charge in [0, 0.05) is 12.6 Å². The summed E-state index contributed by atoms with van der Waals surface area (Å²) in [5, 5.41) is 2.82. The number of aryl methyl sites for hydroxylation is 1. The van der Waals surface area contributed by atoms with Gasteiger partial charge in [-0.3, -0.25) is 9.78 Å². The van der Waals surface area contributed by atoms with Crippen molar-refractivity contribution in [2.45, 2.75) is 32.6 Å². The second-order valence-corrected chi connectivity index (χ2v) is 5.36. The number of nitrogens with one attached hydrogen (secondary N) is 1. The molecule has 5 heteroatoms. The SMILES string of the molecule is CCCCOc1ccc(CCC(=O)Nc2cccnc2)cc1N. The Morgan fingerprint density at radius 2 is 2.22 bits per heavy atom. The lowest BCUT2D eigenvalue weighted by atomic mass is 10.1. The maximum absolute atomic E-state index is 11.9. The number of anilines is 2. The molecule has 0 radical (unpaired) electrons. The summed E-state index contributed by atoms with van der Waals surface area (Å²) in [6.45, 7) is 2.79. The zero-order valence-electron chi connectivity index (χ0n) is 13.4. The smallest absolute Gasteiger partial charge is 0.224 e. The number of carbonyl (C=O) groups is 1. The summed E-state index contributed by atoms with van der Waals surface area (Å²) in [7, 11) is 0. The number of unbranched alkanes of at least 4 members (excludes halogenated alkanes) is 1. The molecule has 0 unspecified atom stereocenters. The average Bonchev–Trinajstić information content (AvgIpc) is 2.56. The summed E-state index contributed by atoms with van der Waals surface area (Å²) in [5.41, 5.74) is 8.34. The summed E-state index contributed by atoms with van der Waals surface area (Å²) in [4.78, 5) is 15.9. The molecule has 23 heavy (non-hydrogen) atoms. The standard InChI is InChI=1S/C18H23N3O2/c1-2-3-11-23-17-8-6-14(12-16(17)19)7-9-18(22)21-15-5-4-10-20-13-15/h4-6,8,10,12-13H,2-3,7,9,11,19H2,1H3,(H,21,22). The van der Waals surface area contributed by atoms with Crippen molar-refractivity contribution in [1.82, 2.24) is 4.98 Å². The minimum absolute atomic E-state index is 0.0418. The van der Waals surface area contributed by atoms with Gasteiger partial charge in [0.15, 0.2) is 0 Å². The number of nitrogens with zero attached hydrogens (tertiary/aromatic N) is 1. The van der Waals surface area contributed by atoms with Crippen LogP contribution in [0.2, 0.25) is 0 Å². The number of carbonyl (C=O) groups excluding carboxylic acids is 1. The number of pyridine rings is 1. The molecule has 2 aromatic rings. The number of benzene rings is 1. The second kappa shape index (κ2) is 8.78. The third kappa shape index (κ3) is 5.62. The Kier molecular flexibility index (Phi) is 6.41. The van der Waals surface area contributed by atoms with Crippen molar-refractivity contribution in [2.75, 3.05) is 17.7 Å². The van der Waals surface area contributed by atoms with Crippen molar-refractivity contribution in [3.63, 3.8) is 0 Å². The number of hydrogen-bond acceptors (Lipinski definition) is 4. The van der Waals surface area contributed by atoms with E-state index >= 15 is 0 Å². The van der Waals surface area contributed by atoms with E-state index in [4.69, 9.17) is 10.5 Å². The lowest BCUT2D eigenvalue weighted by Crippen LogP contribution is -2.12. The quantitative estimate of drug-likeness (QED) is 0.578. The molecule has 0 aliphatic rings. The number of amides is 1. The van der Waals surface area contributed by atoms with E-state index in [1.54, 1.807) is 18.5 Å². The van der Waals surface area contributed by atoms with Crippen LogP contribution in [-0.4, -0.2) is 17.5 Å². The predicted octanol–water partition coefficient (Wildman–Crippen LogP) is 3.41. The minimum atomic E-state index is -0.0418. The highest BCUT2D eigenvalue weighted by molar-refractivity contribution is 5.90. The van der Waals surface area contributed by atoms with E-state index in [9.17, 15) is 4.79 Å². The van der Waals surface area contributed by atoms with Crippen LogP contribution in [0.15, 0.2) is 42.7 Å². The third-order valence-corrected chi connectivity index (χ3v) is 3.42. The zero-order chi connectivity index (χ0) is 16.5. The molecular weight excluding hydrogens is 290 g/mol. The summed E-state index contributed by atoms with van der Waals surface area (Å²) in [6, 6.07) is 9.30. The number of nitrogens with two attached hydrogens (primary N) is 1. The molecule has 0 bridgehead atoms. The average molecular weight is 313 g/mol. The largest absolute Gasteiger partial charge is 0.491 e. The fraction of sp³-hybridized carbons (Fsp3) is 0.333. The van der Waals surface area contributed by atoms with Crippen molar-refractivity contribution < 1.29 is 9.53 Å². The number of rotatable bonds is 8. The van der Waals surface area contributed by atoms with Crippen LogP contribution in [0.25, 0.3) is 0 Å². The molecule has 2 rings (SSSR count). The summed E-state index contributed by atoms with van der Waals surface area (Å²) in [5.74, 6) is 0.668. The normalized spacial score (nSPS) is 10.3. The first kappa shape index (κ1) is 16.8. The van der Waals surface area contributed by atoms with Crippen molar-refractivity contribution in [3.05, 3.63) is 48.3 Å². The first-order chi connectivity index (χ1) is 11.2. The van der Waals surface area contributed by atoms with Crippen LogP contribution in [0.3, 0.4) is 0 Å². The molecule has 0 aliphatic carbocycles. The Labute approximate surface area is 136 Å². The Hall–Kier alpha value is -2.56. The molecule has 0 saturated heterocycles. The second-order valence-electron chi connectivity index (χ2n) is 5.36. The monoisotopic (exact) mass is 313 g/mol. The van der Waals surface area contributed by atoms with Crippen molar-refractivity contribution in [2.24, 2.45) is 0 Å². The summed E-state index contributed by atoms with van der Waals surface area (Å²) < 4.78 is 5.63. The summed E-state index contributed by atoms with van der Waals surface area (Å²) in [6.07, 6.45) is 6.41. The topological polar surface area (TPSA) is 77.2 Å². The van der Waals surface area contributed by atoms with Crippen molar-refractivity contribution >= 4 is 17.3 Å². The molecule has 1 aromatic carbocycles. The van der Waals surface area contributed by atoms with Gasteiger partial charge >= 0.3 is 0 Å². The molecule has 0 aliphatic heterocycles. The van der Waals surface area contributed by atoms with Gasteiger partial charge < -0.3 is 15.8 Å². The van der Waals surface area contributed by atoms with Crippen LogP contribution in [-0.2, 0) is 11.2 Å². The fourth-order valence-corrected chi connectivity index (χ4v) is 2.13. The molecule has 0 spiro atoms. The number of ether oxygens (including phenoxy) is 1. The number of hydrogen-bond donors (Lipinski definition) is 2. The highest BCUT2D eigenvalue weighted by Crippen LogP contribution is 2.23. The van der Waals surface area contributed by atoms with Gasteiger partial charge in [0.2, 0.25) is 5.91 Å². The zero-order valence-corrected chi connectivity index (χ0v) is 13.4.